The Labute approximate surface area is 162 Å². The molecule has 3 rings (SSSR count). The summed E-state index contributed by atoms with van der Waals surface area (Å²) in [6.45, 7) is 2.49. The van der Waals surface area contributed by atoms with Crippen LogP contribution in [0.5, 0.6) is 5.75 Å². The molecule has 7 heteroatoms. The number of hydrogen-bond acceptors (Lipinski definition) is 5. The standard InChI is InChI=1S/C19H18Cl2N4O/c1-12-9-16(17(26-2)10-15(12)21)24-19-22-8-7-18(25-19)23-11-13-5-3-4-6-14(13)20/h3-10H,11H2,1-2H3,(H2,22,23,24,25). The lowest BCUT2D eigenvalue weighted by Gasteiger charge is -2.13. The smallest absolute Gasteiger partial charge is 0.229 e. The fraction of sp³-hybridized carbons (Fsp3) is 0.158. The topological polar surface area (TPSA) is 59.1 Å². The van der Waals surface area contributed by atoms with Gasteiger partial charge >= 0.3 is 0 Å². The zero-order valence-corrected chi connectivity index (χ0v) is 15.9. The van der Waals surface area contributed by atoms with E-state index >= 15 is 0 Å². The molecule has 0 amide bonds. The predicted octanol–water partition coefficient (Wildman–Crippen LogP) is 5.46. The maximum Gasteiger partial charge on any atom is 0.229 e. The molecule has 2 N–H and O–H groups in total. The van der Waals surface area contributed by atoms with Gasteiger partial charge in [-0.2, -0.15) is 4.98 Å². The van der Waals surface area contributed by atoms with E-state index in [9.17, 15) is 0 Å². The number of benzene rings is 2. The van der Waals surface area contributed by atoms with Gasteiger partial charge in [0, 0.05) is 28.9 Å². The summed E-state index contributed by atoms with van der Waals surface area (Å²) < 4.78 is 5.37. The monoisotopic (exact) mass is 388 g/mol. The summed E-state index contributed by atoms with van der Waals surface area (Å²) in [5.74, 6) is 1.76. The molecule has 3 aromatic rings. The van der Waals surface area contributed by atoms with Gasteiger partial charge in [0.15, 0.2) is 0 Å². The third kappa shape index (κ3) is 4.36. The van der Waals surface area contributed by atoms with Gasteiger partial charge in [0.05, 0.1) is 12.8 Å². The fourth-order valence-corrected chi connectivity index (χ4v) is 2.75. The van der Waals surface area contributed by atoms with Crippen LogP contribution >= 0.6 is 23.2 Å². The largest absolute Gasteiger partial charge is 0.495 e. The first-order valence-electron chi connectivity index (χ1n) is 7.98. The second-order valence-electron chi connectivity index (χ2n) is 5.64. The number of methoxy groups -OCH3 is 1. The number of halogens is 2. The van der Waals surface area contributed by atoms with Crippen molar-refractivity contribution >= 4 is 40.7 Å². The zero-order valence-electron chi connectivity index (χ0n) is 14.4. The highest BCUT2D eigenvalue weighted by atomic mass is 35.5. The molecule has 0 atom stereocenters. The highest BCUT2D eigenvalue weighted by Crippen LogP contribution is 2.32. The van der Waals surface area contributed by atoms with Gasteiger partial charge in [-0.3, -0.25) is 0 Å². The van der Waals surface area contributed by atoms with E-state index in [0.29, 0.717) is 34.1 Å². The number of anilines is 3. The molecule has 1 aromatic heterocycles. The fourth-order valence-electron chi connectivity index (χ4n) is 2.40. The van der Waals surface area contributed by atoms with E-state index in [4.69, 9.17) is 27.9 Å². The van der Waals surface area contributed by atoms with E-state index in [1.807, 2.05) is 37.3 Å². The van der Waals surface area contributed by atoms with E-state index in [-0.39, 0.29) is 0 Å². The molecule has 0 aliphatic heterocycles. The maximum absolute atomic E-state index is 6.18. The average molecular weight is 389 g/mol. The Morgan fingerprint density at radius 2 is 1.88 bits per heavy atom. The lowest BCUT2D eigenvalue weighted by atomic mass is 10.2. The molecular formula is C19H18Cl2N4O. The Morgan fingerprint density at radius 1 is 1.08 bits per heavy atom. The lowest BCUT2D eigenvalue weighted by molar-refractivity contribution is 0.416. The van der Waals surface area contributed by atoms with Crippen molar-refractivity contribution < 1.29 is 4.74 Å². The summed E-state index contributed by atoms with van der Waals surface area (Å²) in [7, 11) is 1.59. The number of aromatic nitrogens is 2. The van der Waals surface area contributed by atoms with E-state index in [1.54, 1.807) is 25.4 Å². The molecule has 1 heterocycles. The van der Waals surface area contributed by atoms with Crippen molar-refractivity contribution in [3.05, 3.63) is 69.8 Å². The van der Waals surface area contributed by atoms with Gasteiger partial charge in [-0.1, -0.05) is 41.4 Å². The molecular weight excluding hydrogens is 371 g/mol. The molecule has 0 fully saturated rings. The molecule has 0 unspecified atom stereocenters. The first kappa shape index (κ1) is 18.3. The van der Waals surface area contributed by atoms with Gasteiger partial charge in [0.1, 0.15) is 11.6 Å². The molecule has 5 nitrogen and oxygen atoms in total. The van der Waals surface area contributed by atoms with Gasteiger partial charge in [0.25, 0.3) is 0 Å². The second-order valence-corrected chi connectivity index (χ2v) is 6.45. The van der Waals surface area contributed by atoms with Crippen LogP contribution in [0, 0.1) is 6.92 Å². The maximum atomic E-state index is 6.18. The predicted molar refractivity (Wildman–Crippen MR) is 107 cm³/mol. The normalized spacial score (nSPS) is 10.5. The van der Waals surface area contributed by atoms with E-state index in [2.05, 4.69) is 20.6 Å². The Morgan fingerprint density at radius 3 is 2.65 bits per heavy atom. The van der Waals surface area contributed by atoms with Crippen LogP contribution in [0.4, 0.5) is 17.5 Å². The molecule has 0 aliphatic carbocycles. The third-order valence-electron chi connectivity index (χ3n) is 3.80. The Hall–Kier alpha value is -2.50. The second kappa shape index (κ2) is 8.25. The molecule has 0 spiro atoms. The van der Waals surface area contributed by atoms with Crippen molar-refractivity contribution in [2.45, 2.75) is 13.5 Å². The van der Waals surface area contributed by atoms with Crippen LogP contribution in [0.25, 0.3) is 0 Å². The first-order chi connectivity index (χ1) is 12.6. The summed E-state index contributed by atoms with van der Waals surface area (Å²) >= 11 is 12.3. The van der Waals surface area contributed by atoms with Crippen LogP contribution < -0.4 is 15.4 Å². The minimum atomic E-state index is 0.453. The van der Waals surface area contributed by atoms with Gasteiger partial charge in [-0.15, -0.1) is 0 Å². The minimum absolute atomic E-state index is 0.453. The van der Waals surface area contributed by atoms with Gasteiger partial charge in [-0.05, 0) is 36.2 Å². The van der Waals surface area contributed by atoms with E-state index < -0.39 is 0 Å². The number of ether oxygens (including phenoxy) is 1. The van der Waals surface area contributed by atoms with Crippen LogP contribution in [0.3, 0.4) is 0 Å². The molecule has 2 aromatic carbocycles. The Bertz CT molecular complexity index is 918. The van der Waals surface area contributed by atoms with Crippen molar-refractivity contribution in [3.63, 3.8) is 0 Å². The molecule has 0 aliphatic rings. The Balaban J connectivity index is 1.76. The zero-order chi connectivity index (χ0) is 18.5. The van der Waals surface area contributed by atoms with Crippen LogP contribution in [0.15, 0.2) is 48.7 Å². The number of nitrogens with one attached hydrogen (secondary N) is 2. The highest BCUT2D eigenvalue weighted by Gasteiger charge is 2.09. The quantitative estimate of drug-likeness (QED) is 0.587. The van der Waals surface area contributed by atoms with Crippen LogP contribution in [0.2, 0.25) is 10.0 Å². The summed E-state index contributed by atoms with van der Waals surface area (Å²) in [5, 5.41) is 7.78. The van der Waals surface area contributed by atoms with E-state index in [0.717, 1.165) is 16.8 Å². The first-order valence-corrected chi connectivity index (χ1v) is 8.74. The van der Waals surface area contributed by atoms with Crippen molar-refractivity contribution in [1.82, 2.24) is 9.97 Å². The number of aryl methyl sites for hydroxylation is 1. The van der Waals surface area contributed by atoms with Gasteiger partial charge in [-0.25, -0.2) is 4.98 Å². The lowest BCUT2D eigenvalue weighted by Crippen LogP contribution is -2.05. The summed E-state index contributed by atoms with van der Waals surface area (Å²) in [6.07, 6.45) is 1.68. The van der Waals surface area contributed by atoms with Crippen LogP contribution in [-0.2, 0) is 6.54 Å². The number of rotatable bonds is 6. The minimum Gasteiger partial charge on any atom is -0.495 e. The Kier molecular flexibility index (Phi) is 5.81. The summed E-state index contributed by atoms with van der Waals surface area (Å²) in [4.78, 5) is 8.73. The van der Waals surface area contributed by atoms with Crippen LogP contribution in [0.1, 0.15) is 11.1 Å². The van der Waals surface area contributed by atoms with Crippen molar-refractivity contribution in [1.29, 1.82) is 0 Å². The molecule has 26 heavy (non-hydrogen) atoms. The van der Waals surface area contributed by atoms with Gasteiger partial charge < -0.3 is 15.4 Å². The molecule has 0 bridgehead atoms. The number of hydrogen-bond donors (Lipinski definition) is 2. The highest BCUT2D eigenvalue weighted by molar-refractivity contribution is 6.31. The van der Waals surface area contributed by atoms with E-state index in [1.165, 1.54) is 0 Å². The summed E-state index contributed by atoms with van der Waals surface area (Å²) in [5.41, 5.74) is 2.68. The third-order valence-corrected chi connectivity index (χ3v) is 4.58. The van der Waals surface area contributed by atoms with Gasteiger partial charge in [0.2, 0.25) is 5.95 Å². The molecule has 0 radical (unpaired) electrons. The molecule has 0 saturated carbocycles. The number of nitrogens with zero attached hydrogens (tertiary/aromatic N) is 2. The van der Waals surface area contributed by atoms with Crippen molar-refractivity contribution in [3.8, 4) is 5.75 Å². The van der Waals surface area contributed by atoms with Crippen molar-refractivity contribution in [2.75, 3.05) is 17.7 Å². The molecule has 134 valence electrons. The SMILES string of the molecule is COc1cc(Cl)c(C)cc1Nc1nccc(NCc2ccccc2Cl)n1. The average Bonchev–Trinajstić information content (AvgIpc) is 2.64. The van der Waals surface area contributed by atoms with Crippen molar-refractivity contribution in [2.24, 2.45) is 0 Å². The molecule has 0 saturated heterocycles. The summed E-state index contributed by atoms with van der Waals surface area (Å²) in [6, 6.07) is 13.1. The van der Waals surface area contributed by atoms with Crippen LogP contribution in [-0.4, -0.2) is 17.1 Å².